The highest BCUT2D eigenvalue weighted by Gasteiger charge is 2.17. The molecule has 0 aliphatic heterocycles. The van der Waals surface area contributed by atoms with Gasteiger partial charge in [0.05, 0.1) is 17.6 Å². The Morgan fingerprint density at radius 2 is 1.93 bits per heavy atom. The molecule has 0 radical (unpaired) electrons. The lowest BCUT2D eigenvalue weighted by Gasteiger charge is -2.15. The summed E-state index contributed by atoms with van der Waals surface area (Å²) < 4.78 is 20.4. The number of ether oxygens (including phenoxy) is 1. The first-order valence-electron chi connectivity index (χ1n) is 9.87. The van der Waals surface area contributed by atoms with Crippen LogP contribution in [0.25, 0.3) is 21.9 Å². The summed E-state index contributed by atoms with van der Waals surface area (Å²) in [6, 6.07) is 3.33. The van der Waals surface area contributed by atoms with Crippen molar-refractivity contribution >= 4 is 34.1 Å². The number of hydrogen-bond acceptors (Lipinski definition) is 6. The second-order valence-electron chi connectivity index (χ2n) is 7.02. The van der Waals surface area contributed by atoms with Crippen molar-refractivity contribution in [1.82, 2.24) is 9.97 Å². The molecule has 1 aromatic carbocycles. The molecule has 0 bridgehead atoms. The number of nitrogen functional groups attached to an aromatic ring is 1. The maximum absolute atomic E-state index is 15.1. The molecular weight excluding hydrogens is 385 g/mol. The SMILES string of the molecule is CCC(CC)OC(=O)Nc1cc2cc(-c3cncc(NC)c3C)c(F)c(N)c2cn1. The first-order chi connectivity index (χ1) is 14.4. The third kappa shape index (κ3) is 4.12. The van der Waals surface area contributed by atoms with E-state index in [9.17, 15) is 4.79 Å². The number of nitrogens with two attached hydrogens (primary N) is 1. The summed E-state index contributed by atoms with van der Waals surface area (Å²) >= 11 is 0. The average molecular weight is 411 g/mol. The van der Waals surface area contributed by atoms with Crippen molar-refractivity contribution in [2.45, 2.75) is 39.7 Å². The Kier molecular flexibility index (Phi) is 6.34. The number of hydrogen-bond donors (Lipinski definition) is 3. The molecule has 30 heavy (non-hydrogen) atoms. The van der Waals surface area contributed by atoms with Gasteiger partial charge in [0.15, 0.2) is 5.82 Å². The summed E-state index contributed by atoms with van der Waals surface area (Å²) in [5.74, 6) is -0.231. The van der Waals surface area contributed by atoms with Crippen LogP contribution in [0, 0.1) is 12.7 Å². The van der Waals surface area contributed by atoms with E-state index in [2.05, 4.69) is 20.6 Å². The number of carbonyl (C=O) groups excluding carboxylic acids is 1. The Hall–Kier alpha value is -3.42. The molecule has 0 saturated carbocycles. The van der Waals surface area contributed by atoms with Gasteiger partial charge in [-0.1, -0.05) is 13.8 Å². The number of pyridine rings is 2. The quantitative estimate of drug-likeness (QED) is 0.488. The van der Waals surface area contributed by atoms with Crippen LogP contribution in [-0.2, 0) is 4.74 Å². The number of amides is 1. The van der Waals surface area contributed by atoms with Crippen LogP contribution in [0.1, 0.15) is 32.3 Å². The molecule has 8 heteroatoms. The molecule has 3 aromatic rings. The number of fused-ring (bicyclic) bond motifs is 1. The standard InChI is InChI=1S/C22H26FN5O2/c1-5-14(6-2)30-22(29)28-19-8-13-7-15(20(23)21(24)17(13)10-27-19)16-9-26-11-18(25-4)12(16)3/h7-11,14,25H,5-6,24H2,1-4H3,(H,27,28,29). The van der Waals surface area contributed by atoms with Crippen molar-refractivity contribution in [2.75, 3.05) is 23.4 Å². The summed E-state index contributed by atoms with van der Waals surface area (Å²) in [4.78, 5) is 20.5. The molecule has 4 N–H and O–H groups in total. The molecule has 0 unspecified atom stereocenters. The number of nitrogens with one attached hydrogen (secondary N) is 2. The average Bonchev–Trinajstić information content (AvgIpc) is 2.74. The molecule has 0 fully saturated rings. The van der Waals surface area contributed by atoms with Gasteiger partial charge in [0.2, 0.25) is 0 Å². The van der Waals surface area contributed by atoms with Gasteiger partial charge in [-0.15, -0.1) is 0 Å². The van der Waals surface area contributed by atoms with Crippen molar-refractivity contribution in [1.29, 1.82) is 0 Å². The van der Waals surface area contributed by atoms with E-state index in [-0.39, 0.29) is 11.8 Å². The number of aromatic nitrogens is 2. The van der Waals surface area contributed by atoms with Gasteiger partial charge in [0.1, 0.15) is 11.9 Å². The molecule has 7 nitrogen and oxygen atoms in total. The van der Waals surface area contributed by atoms with Crippen LogP contribution >= 0.6 is 0 Å². The summed E-state index contributed by atoms with van der Waals surface area (Å²) in [7, 11) is 1.78. The highest BCUT2D eigenvalue weighted by atomic mass is 19.1. The first-order valence-corrected chi connectivity index (χ1v) is 9.87. The fourth-order valence-corrected chi connectivity index (χ4v) is 3.35. The van der Waals surface area contributed by atoms with E-state index in [1.165, 1.54) is 6.20 Å². The zero-order chi connectivity index (χ0) is 21.8. The largest absolute Gasteiger partial charge is 0.446 e. The second-order valence-corrected chi connectivity index (χ2v) is 7.02. The zero-order valence-corrected chi connectivity index (χ0v) is 17.5. The van der Waals surface area contributed by atoms with E-state index in [1.54, 1.807) is 31.6 Å². The fourth-order valence-electron chi connectivity index (χ4n) is 3.35. The lowest BCUT2D eigenvalue weighted by molar-refractivity contribution is 0.106. The van der Waals surface area contributed by atoms with Crippen molar-refractivity contribution in [3.05, 3.63) is 42.1 Å². The molecule has 3 rings (SSSR count). The van der Waals surface area contributed by atoms with Gasteiger partial charge in [-0.3, -0.25) is 10.3 Å². The summed E-state index contributed by atoms with van der Waals surface area (Å²) in [5.41, 5.74) is 8.68. The Morgan fingerprint density at radius 3 is 2.60 bits per heavy atom. The Balaban J connectivity index is 2.02. The van der Waals surface area contributed by atoms with Gasteiger partial charge in [0, 0.05) is 36.0 Å². The lowest BCUT2D eigenvalue weighted by atomic mass is 9.97. The molecule has 0 aliphatic rings. The van der Waals surface area contributed by atoms with Crippen molar-refractivity contribution < 1.29 is 13.9 Å². The molecule has 0 atom stereocenters. The predicted molar refractivity (Wildman–Crippen MR) is 118 cm³/mol. The topological polar surface area (TPSA) is 102 Å². The van der Waals surface area contributed by atoms with Crippen LogP contribution in [0.5, 0.6) is 0 Å². The Bertz CT molecular complexity index is 1080. The van der Waals surface area contributed by atoms with Gasteiger partial charge in [-0.25, -0.2) is 14.2 Å². The van der Waals surface area contributed by atoms with Crippen LogP contribution < -0.4 is 16.4 Å². The molecular formula is C22H26FN5O2. The van der Waals surface area contributed by atoms with Crippen molar-refractivity contribution in [2.24, 2.45) is 0 Å². The Morgan fingerprint density at radius 1 is 1.20 bits per heavy atom. The van der Waals surface area contributed by atoms with Crippen molar-refractivity contribution in [3.63, 3.8) is 0 Å². The van der Waals surface area contributed by atoms with Gasteiger partial charge >= 0.3 is 6.09 Å². The summed E-state index contributed by atoms with van der Waals surface area (Å²) in [6.45, 7) is 5.79. The molecule has 2 heterocycles. The van der Waals surface area contributed by atoms with Gasteiger partial charge in [-0.2, -0.15) is 0 Å². The summed E-state index contributed by atoms with van der Waals surface area (Å²) in [6.07, 6.45) is 5.45. The van der Waals surface area contributed by atoms with E-state index >= 15 is 4.39 Å². The second kappa shape index (κ2) is 8.94. The minimum Gasteiger partial charge on any atom is -0.446 e. The predicted octanol–water partition coefficient (Wildman–Crippen LogP) is 5.11. The van der Waals surface area contributed by atoms with Crippen LogP contribution in [0.2, 0.25) is 0 Å². The molecule has 1 amide bonds. The van der Waals surface area contributed by atoms with Gasteiger partial charge < -0.3 is 15.8 Å². The zero-order valence-electron chi connectivity index (χ0n) is 17.5. The van der Waals surface area contributed by atoms with Crippen LogP contribution in [0.3, 0.4) is 0 Å². The number of carbonyl (C=O) groups is 1. The maximum atomic E-state index is 15.1. The molecule has 158 valence electrons. The lowest BCUT2D eigenvalue weighted by Crippen LogP contribution is -2.21. The number of benzene rings is 1. The van der Waals surface area contributed by atoms with E-state index in [0.29, 0.717) is 27.7 Å². The van der Waals surface area contributed by atoms with Gasteiger partial charge in [-0.05, 0) is 42.8 Å². The highest BCUT2D eigenvalue weighted by Crippen LogP contribution is 2.36. The number of anilines is 3. The molecule has 0 spiro atoms. The van der Waals surface area contributed by atoms with E-state index in [4.69, 9.17) is 10.5 Å². The molecule has 0 aliphatic carbocycles. The van der Waals surface area contributed by atoms with Crippen LogP contribution in [-0.4, -0.2) is 29.2 Å². The van der Waals surface area contributed by atoms with Crippen LogP contribution in [0.4, 0.5) is 26.4 Å². The normalized spacial score (nSPS) is 11.0. The number of nitrogens with zero attached hydrogens (tertiary/aromatic N) is 2. The minimum absolute atomic E-state index is 0.00424. The van der Waals surface area contributed by atoms with Crippen molar-refractivity contribution in [3.8, 4) is 11.1 Å². The number of halogens is 1. The molecule has 2 aromatic heterocycles. The third-order valence-electron chi connectivity index (χ3n) is 5.19. The number of rotatable bonds is 6. The smallest absolute Gasteiger partial charge is 0.413 e. The first kappa shape index (κ1) is 21.3. The van der Waals surface area contributed by atoms with E-state index in [0.717, 1.165) is 24.1 Å². The van der Waals surface area contributed by atoms with E-state index < -0.39 is 11.9 Å². The monoisotopic (exact) mass is 411 g/mol. The summed E-state index contributed by atoms with van der Waals surface area (Å²) in [5, 5.41) is 6.78. The highest BCUT2D eigenvalue weighted by molar-refractivity contribution is 5.99. The molecule has 0 saturated heterocycles. The third-order valence-corrected chi connectivity index (χ3v) is 5.19. The maximum Gasteiger partial charge on any atom is 0.413 e. The van der Waals surface area contributed by atoms with Gasteiger partial charge in [0.25, 0.3) is 0 Å². The van der Waals surface area contributed by atoms with Crippen LogP contribution in [0.15, 0.2) is 30.7 Å². The van der Waals surface area contributed by atoms with E-state index in [1.807, 2.05) is 20.8 Å². The Labute approximate surface area is 174 Å². The minimum atomic E-state index is -0.576. The fraction of sp³-hybridized carbons (Fsp3) is 0.318.